The summed E-state index contributed by atoms with van der Waals surface area (Å²) in [5.74, 6) is -0.153. The molecule has 1 saturated heterocycles. The number of aliphatic hydroxyl groups is 5. The fraction of sp³-hybridized carbons (Fsp3) is 0.886. The van der Waals surface area contributed by atoms with Crippen molar-refractivity contribution in [1.29, 1.82) is 0 Å². The SMILES string of the molecule is CCCCC/C=C\C/C=C\CCCCCCCCCC(=O)N[C@@H](COC1OC(CO)C(O)C(O)C1O)[C@H](O)CCCCCCCCCCCCCCC. The summed E-state index contributed by atoms with van der Waals surface area (Å²) in [4.78, 5) is 12.9. The standard InChI is InChI=1S/C44H83NO8/c1-3-5-7-9-11-13-15-17-18-19-20-22-24-26-28-30-32-34-40(48)45-37(36-52-44-43(51)42(50)41(49)39(35-46)53-44)38(47)33-31-29-27-25-23-21-16-14-12-10-8-6-4-2/h11,13,17-18,37-39,41-44,46-47,49-51H,3-10,12,14-16,19-36H2,1-2H3,(H,45,48)/b13-11-,18-17-/t37-,38+,39?,41?,42?,43?,44?/m0/s1. The molecule has 0 saturated carbocycles. The summed E-state index contributed by atoms with van der Waals surface area (Å²) in [5.41, 5.74) is 0. The van der Waals surface area contributed by atoms with Gasteiger partial charge in [-0.05, 0) is 44.9 Å². The van der Waals surface area contributed by atoms with E-state index in [1.54, 1.807) is 0 Å². The molecule has 0 aromatic rings. The predicted molar refractivity (Wildman–Crippen MR) is 217 cm³/mol. The summed E-state index contributed by atoms with van der Waals surface area (Å²) in [6, 6.07) is -0.719. The molecule has 312 valence electrons. The number of hydrogen-bond donors (Lipinski definition) is 6. The van der Waals surface area contributed by atoms with Gasteiger partial charge in [0, 0.05) is 6.42 Å². The molecule has 1 rings (SSSR count). The highest BCUT2D eigenvalue weighted by Gasteiger charge is 2.44. The Morgan fingerprint density at radius 2 is 1.11 bits per heavy atom. The van der Waals surface area contributed by atoms with Crippen LogP contribution in [0.4, 0.5) is 0 Å². The number of ether oxygens (including phenoxy) is 2. The Labute approximate surface area is 324 Å². The molecular weight excluding hydrogens is 670 g/mol. The molecule has 6 N–H and O–H groups in total. The van der Waals surface area contributed by atoms with Gasteiger partial charge in [0.2, 0.25) is 5.91 Å². The highest BCUT2D eigenvalue weighted by atomic mass is 16.7. The summed E-state index contributed by atoms with van der Waals surface area (Å²) >= 11 is 0. The minimum absolute atomic E-state index is 0.140. The molecule has 0 aliphatic carbocycles. The third-order valence-electron chi connectivity index (χ3n) is 10.6. The Bertz CT molecular complexity index is 883. The number of allylic oxidation sites excluding steroid dienone is 4. The maximum absolute atomic E-state index is 12.9. The van der Waals surface area contributed by atoms with Gasteiger partial charge in [-0.3, -0.25) is 4.79 Å². The molecule has 1 amide bonds. The number of carbonyl (C=O) groups is 1. The first kappa shape index (κ1) is 49.7. The summed E-state index contributed by atoms with van der Waals surface area (Å²) < 4.78 is 11.2. The first-order valence-corrected chi connectivity index (χ1v) is 22.0. The molecule has 1 heterocycles. The van der Waals surface area contributed by atoms with Gasteiger partial charge in [0.05, 0.1) is 25.4 Å². The Morgan fingerprint density at radius 3 is 1.66 bits per heavy atom. The van der Waals surface area contributed by atoms with E-state index in [4.69, 9.17) is 9.47 Å². The number of hydrogen-bond acceptors (Lipinski definition) is 8. The lowest BCUT2D eigenvalue weighted by molar-refractivity contribution is -0.302. The number of unbranched alkanes of at least 4 members (excludes halogenated alkanes) is 22. The maximum Gasteiger partial charge on any atom is 0.220 e. The Balaban J connectivity index is 2.35. The number of nitrogens with one attached hydrogen (secondary N) is 1. The second-order valence-corrected chi connectivity index (χ2v) is 15.5. The van der Waals surface area contributed by atoms with Crippen molar-refractivity contribution in [2.24, 2.45) is 0 Å². The first-order valence-electron chi connectivity index (χ1n) is 22.0. The zero-order valence-corrected chi connectivity index (χ0v) is 34.0. The van der Waals surface area contributed by atoms with E-state index >= 15 is 0 Å². The van der Waals surface area contributed by atoms with Crippen LogP contribution in [0, 0.1) is 0 Å². The van der Waals surface area contributed by atoms with Crippen LogP contribution in [0.25, 0.3) is 0 Å². The van der Waals surface area contributed by atoms with Gasteiger partial charge in [-0.25, -0.2) is 0 Å². The van der Waals surface area contributed by atoms with Crippen molar-refractivity contribution in [2.45, 2.75) is 236 Å². The van der Waals surface area contributed by atoms with Crippen LogP contribution in [-0.2, 0) is 14.3 Å². The van der Waals surface area contributed by atoms with E-state index in [1.165, 1.54) is 116 Å². The molecule has 1 aliphatic heterocycles. The van der Waals surface area contributed by atoms with Crippen LogP contribution in [0.1, 0.15) is 194 Å². The third kappa shape index (κ3) is 26.2. The number of amides is 1. The van der Waals surface area contributed by atoms with Gasteiger partial charge >= 0.3 is 0 Å². The van der Waals surface area contributed by atoms with Crippen molar-refractivity contribution in [1.82, 2.24) is 5.32 Å². The normalized spacial score (nSPS) is 21.8. The second-order valence-electron chi connectivity index (χ2n) is 15.5. The molecule has 0 bridgehead atoms. The van der Waals surface area contributed by atoms with Crippen molar-refractivity contribution >= 4 is 5.91 Å². The van der Waals surface area contributed by atoms with Crippen LogP contribution in [0.5, 0.6) is 0 Å². The topological polar surface area (TPSA) is 149 Å². The van der Waals surface area contributed by atoms with E-state index in [2.05, 4.69) is 43.5 Å². The molecule has 9 nitrogen and oxygen atoms in total. The molecule has 0 aromatic carbocycles. The number of carbonyl (C=O) groups excluding carboxylic acids is 1. The van der Waals surface area contributed by atoms with E-state index in [-0.39, 0.29) is 12.5 Å². The second kappa shape index (κ2) is 35.1. The maximum atomic E-state index is 12.9. The van der Waals surface area contributed by atoms with Gasteiger partial charge in [0.25, 0.3) is 0 Å². The van der Waals surface area contributed by atoms with E-state index < -0.39 is 49.5 Å². The minimum atomic E-state index is -1.55. The average Bonchev–Trinajstić information content (AvgIpc) is 3.16. The van der Waals surface area contributed by atoms with Crippen molar-refractivity contribution in [3.05, 3.63) is 24.3 Å². The Morgan fingerprint density at radius 1 is 0.642 bits per heavy atom. The molecule has 5 unspecified atom stereocenters. The van der Waals surface area contributed by atoms with Gasteiger partial charge < -0.3 is 40.3 Å². The fourth-order valence-electron chi connectivity index (χ4n) is 6.95. The van der Waals surface area contributed by atoms with Gasteiger partial charge in [0.15, 0.2) is 6.29 Å². The summed E-state index contributed by atoms with van der Waals surface area (Å²) in [6.45, 7) is 3.79. The van der Waals surface area contributed by atoms with Gasteiger partial charge in [-0.1, -0.05) is 167 Å². The lowest BCUT2D eigenvalue weighted by Crippen LogP contribution is -2.60. The molecule has 0 spiro atoms. The Hall–Kier alpha value is -1.33. The van der Waals surface area contributed by atoms with E-state index in [0.29, 0.717) is 12.8 Å². The van der Waals surface area contributed by atoms with E-state index in [9.17, 15) is 30.3 Å². The molecule has 7 atom stereocenters. The highest BCUT2D eigenvalue weighted by Crippen LogP contribution is 2.23. The van der Waals surface area contributed by atoms with Gasteiger partial charge in [-0.15, -0.1) is 0 Å². The largest absolute Gasteiger partial charge is 0.394 e. The molecule has 0 radical (unpaired) electrons. The van der Waals surface area contributed by atoms with Crippen LogP contribution in [0.15, 0.2) is 24.3 Å². The van der Waals surface area contributed by atoms with Crippen molar-refractivity contribution in [2.75, 3.05) is 13.2 Å². The van der Waals surface area contributed by atoms with Crippen LogP contribution >= 0.6 is 0 Å². The molecule has 9 heteroatoms. The van der Waals surface area contributed by atoms with Crippen molar-refractivity contribution < 1.29 is 39.8 Å². The zero-order valence-electron chi connectivity index (χ0n) is 34.0. The quantitative estimate of drug-likeness (QED) is 0.0275. The van der Waals surface area contributed by atoms with E-state index in [1.807, 2.05) is 0 Å². The summed E-state index contributed by atoms with van der Waals surface area (Å²) in [6.07, 6.45) is 33.2. The first-order chi connectivity index (χ1) is 25.8. The molecule has 1 fully saturated rings. The molecule has 53 heavy (non-hydrogen) atoms. The van der Waals surface area contributed by atoms with Gasteiger partial charge in [0.1, 0.15) is 24.4 Å². The smallest absolute Gasteiger partial charge is 0.220 e. The Kier molecular flexibility index (Phi) is 32.9. The summed E-state index contributed by atoms with van der Waals surface area (Å²) in [7, 11) is 0. The van der Waals surface area contributed by atoms with Crippen LogP contribution < -0.4 is 5.32 Å². The molecule has 1 aliphatic rings. The summed E-state index contributed by atoms with van der Waals surface area (Å²) in [5, 5.41) is 54.2. The third-order valence-corrected chi connectivity index (χ3v) is 10.6. The van der Waals surface area contributed by atoms with Crippen LogP contribution in [-0.4, -0.2) is 87.5 Å². The lowest BCUT2D eigenvalue weighted by atomic mass is 9.99. The minimum Gasteiger partial charge on any atom is -0.394 e. The fourth-order valence-corrected chi connectivity index (χ4v) is 6.95. The predicted octanol–water partition coefficient (Wildman–Crippen LogP) is 8.72. The molecular formula is C44H83NO8. The van der Waals surface area contributed by atoms with E-state index in [0.717, 1.165) is 51.4 Å². The number of rotatable bonds is 36. The van der Waals surface area contributed by atoms with Gasteiger partial charge in [-0.2, -0.15) is 0 Å². The lowest BCUT2D eigenvalue weighted by Gasteiger charge is -2.40. The van der Waals surface area contributed by atoms with Crippen LogP contribution in [0.2, 0.25) is 0 Å². The average molecular weight is 754 g/mol. The zero-order chi connectivity index (χ0) is 38.8. The highest BCUT2D eigenvalue weighted by molar-refractivity contribution is 5.76. The monoisotopic (exact) mass is 754 g/mol. The van der Waals surface area contributed by atoms with Crippen LogP contribution in [0.3, 0.4) is 0 Å². The van der Waals surface area contributed by atoms with Crippen molar-refractivity contribution in [3.8, 4) is 0 Å². The van der Waals surface area contributed by atoms with Crippen molar-refractivity contribution in [3.63, 3.8) is 0 Å². The molecule has 0 aromatic heterocycles. The number of aliphatic hydroxyl groups excluding tert-OH is 5.